The number of hydrogen-bond acceptors (Lipinski definition) is 6. The van der Waals surface area contributed by atoms with Crippen LogP contribution in [-0.4, -0.2) is 24.6 Å². The van der Waals surface area contributed by atoms with Crippen molar-refractivity contribution in [3.05, 3.63) is 44.5 Å². The molecular formula is C22H23N3O3S2. The molecule has 0 bridgehead atoms. The van der Waals surface area contributed by atoms with E-state index in [0.29, 0.717) is 17.2 Å². The van der Waals surface area contributed by atoms with E-state index < -0.39 is 0 Å². The number of nitrogens with one attached hydrogen (secondary N) is 2. The van der Waals surface area contributed by atoms with Crippen LogP contribution in [0.2, 0.25) is 0 Å². The van der Waals surface area contributed by atoms with Gasteiger partial charge in [-0.15, -0.1) is 11.3 Å². The summed E-state index contributed by atoms with van der Waals surface area (Å²) in [5, 5.41) is 19.9. The Morgan fingerprint density at radius 3 is 2.90 bits per heavy atom. The minimum absolute atomic E-state index is 0.233. The van der Waals surface area contributed by atoms with Gasteiger partial charge in [0.1, 0.15) is 11.1 Å². The van der Waals surface area contributed by atoms with Gasteiger partial charge in [0.15, 0.2) is 0 Å². The summed E-state index contributed by atoms with van der Waals surface area (Å²) in [7, 11) is 0. The zero-order valence-electron chi connectivity index (χ0n) is 16.5. The third-order valence-corrected chi connectivity index (χ3v) is 7.43. The molecule has 1 unspecified atom stereocenters. The van der Waals surface area contributed by atoms with E-state index >= 15 is 0 Å². The van der Waals surface area contributed by atoms with Crippen LogP contribution >= 0.6 is 22.7 Å². The first-order chi connectivity index (χ1) is 14.6. The Morgan fingerprint density at radius 1 is 1.33 bits per heavy atom. The van der Waals surface area contributed by atoms with Crippen molar-refractivity contribution in [1.29, 1.82) is 5.26 Å². The summed E-state index contributed by atoms with van der Waals surface area (Å²) >= 11 is 3.03. The first-order valence-corrected chi connectivity index (χ1v) is 11.9. The Kier molecular flexibility index (Phi) is 6.50. The number of nitriles is 1. The van der Waals surface area contributed by atoms with E-state index in [0.717, 1.165) is 48.1 Å². The van der Waals surface area contributed by atoms with Crippen LogP contribution in [0.15, 0.2) is 22.9 Å². The first-order valence-electron chi connectivity index (χ1n) is 10.1. The Hall–Kier alpha value is -2.63. The van der Waals surface area contributed by atoms with Crippen LogP contribution < -0.4 is 10.6 Å². The number of carbonyl (C=O) groups excluding carboxylic acids is 2. The Bertz CT molecular complexity index is 984. The van der Waals surface area contributed by atoms with Crippen molar-refractivity contribution in [2.24, 2.45) is 5.92 Å². The normalized spacial score (nSPS) is 18.3. The highest BCUT2D eigenvalue weighted by Gasteiger charge is 2.27. The number of fused-ring (bicyclic) bond motifs is 1. The quantitative estimate of drug-likeness (QED) is 0.635. The van der Waals surface area contributed by atoms with E-state index in [4.69, 9.17) is 4.74 Å². The molecule has 0 aromatic carbocycles. The largest absolute Gasteiger partial charge is 0.449 e. The lowest BCUT2D eigenvalue weighted by Crippen LogP contribution is -2.40. The number of amides is 2. The average Bonchev–Trinajstić information content (AvgIpc) is 3.34. The van der Waals surface area contributed by atoms with Crippen molar-refractivity contribution >= 4 is 45.8 Å². The van der Waals surface area contributed by atoms with Gasteiger partial charge in [0.25, 0.3) is 0 Å². The van der Waals surface area contributed by atoms with E-state index in [2.05, 4.69) is 16.7 Å². The summed E-state index contributed by atoms with van der Waals surface area (Å²) in [6, 6.07) is 4.46. The van der Waals surface area contributed by atoms with Gasteiger partial charge in [-0.1, -0.05) is 0 Å². The van der Waals surface area contributed by atoms with E-state index in [9.17, 15) is 14.9 Å². The van der Waals surface area contributed by atoms with Crippen LogP contribution in [0.4, 0.5) is 9.80 Å². The highest BCUT2D eigenvalue weighted by Crippen LogP contribution is 2.39. The molecule has 8 heteroatoms. The molecule has 2 amide bonds. The predicted molar refractivity (Wildman–Crippen MR) is 119 cm³/mol. The van der Waals surface area contributed by atoms with E-state index in [1.54, 1.807) is 17.4 Å². The molecule has 0 radical (unpaired) electrons. The number of carbonyl (C=O) groups is 2. The smallest absolute Gasteiger partial charge is 0.407 e. The summed E-state index contributed by atoms with van der Waals surface area (Å²) in [5.41, 5.74) is 2.56. The Morgan fingerprint density at radius 2 is 2.20 bits per heavy atom. The third kappa shape index (κ3) is 4.91. The zero-order chi connectivity index (χ0) is 20.9. The fourth-order valence-corrected chi connectivity index (χ4v) is 5.60. The maximum absolute atomic E-state index is 12.3. The van der Waals surface area contributed by atoms with Crippen molar-refractivity contribution in [3.63, 3.8) is 0 Å². The molecule has 1 fully saturated rings. The molecule has 2 aromatic rings. The molecule has 0 aliphatic heterocycles. The summed E-state index contributed by atoms with van der Waals surface area (Å²) in [4.78, 5) is 25.3. The second-order valence-electron chi connectivity index (χ2n) is 7.68. The molecule has 2 aliphatic carbocycles. The molecule has 0 saturated heterocycles. The fraction of sp³-hybridized carbons (Fsp3) is 0.409. The number of rotatable bonds is 6. The van der Waals surface area contributed by atoms with Crippen LogP contribution in [0, 0.1) is 17.2 Å². The molecule has 2 aromatic heterocycles. The lowest BCUT2D eigenvalue weighted by atomic mass is 9.88. The van der Waals surface area contributed by atoms with Gasteiger partial charge in [0.2, 0.25) is 5.91 Å². The lowest BCUT2D eigenvalue weighted by Gasteiger charge is -2.27. The molecule has 2 aliphatic rings. The van der Waals surface area contributed by atoms with Crippen LogP contribution in [0.25, 0.3) is 6.08 Å². The minimum atomic E-state index is -0.334. The molecule has 6 nitrogen and oxygen atoms in total. The summed E-state index contributed by atoms with van der Waals surface area (Å²) in [5.74, 6) is -0.0132. The predicted octanol–water partition coefficient (Wildman–Crippen LogP) is 4.72. The van der Waals surface area contributed by atoms with Gasteiger partial charge in [0, 0.05) is 17.0 Å². The number of anilines is 1. The number of ether oxygens (including phenoxy) is 1. The van der Waals surface area contributed by atoms with Crippen molar-refractivity contribution in [1.82, 2.24) is 5.32 Å². The molecule has 1 atom stereocenters. The summed E-state index contributed by atoms with van der Waals surface area (Å²) in [6.45, 7) is 0.378. The van der Waals surface area contributed by atoms with Crippen molar-refractivity contribution in [2.45, 2.75) is 44.6 Å². The summed E-state index contributed by atoms with van der Waals surface area (Å²) in [6.07, 6.45) is 8.52. The van der Waals surface area contributed by atoms with Crippen LogP contribution in [0.5, 0.6) is 0 Å². The lowest BCUT2D eigenvalue weighted by molar-refractivity contribution is -0.111. The molecule has 1 saturated carbocycles. The number of alkyl carbamates (subject to hydrolysis) is 1. The highest BCUT2D eigenvalue weighted by molar-refractivity contribution is 7.16. The summed E-state index contributed by atoms with van der Waals surface area (Å²) < 4.78 is 5.41. The SMILES string of the molecule is N#Cc1c(NC(=O)/C=C/c2ccsc2)sc2c1CCC(COC(=O)NC1CCC1)C2. The topological polar surface area (TPSA) is 91.2 Å². The Labute approximate surface area is 183 Å². The van der Waals surface area contributed by atoms with Crippen LogP contribution in [0.1, 0.15) is 47.3 Å². The molecule has 30 heavy (non-hydrogen) atoms. The van der Waals surface area contributed by atoms with E-state index in [1.807, 2.05) is 16.8 Å². The average molecular weight is 442 g/mol. The van der Waals surface area contributed by atoms with Gasteiger partial charge < -0.3 is 15.4 Å². The molecule has 0 spiro atoms. The van der Waals surface area contributed by atoms with Crippen molar-refractivity contribution < 1.29 is 14.3 Å². The molecular weight excluding hydrogens is 418 g/mol. The monoisotopic (exact) mass is 441 g/mol. The first kappa shape index (κ1) is 20.6. The fourth-order valence-electron chi connectivity index (χ4n) is 3.65. The van der Waals surface area contributed by atoms with Gasteiger partial charge in [-0.2, -0.15) is 16.6 Å². The van der Waals surface area contributed by atoms with Gasteiger partial charge in [-0.25, -0.2) is 4.79 Å². The van der Waals surface area contributed by atoms with Crippen molar-refractivity contribution in [3.8, 4) is 6.07 Å². The van der Waals surface area contributed by atoms with Crippen LogP contribution in [-0.2, 0) is 22.4 Å². The second-order valence-corrected chi connectivity index (χ2v) is 9.56. The molecule has 2 heterocycles. The van der Waals surface area contributed by atoms with Gasteiger partial charge in [0.05, 0.1) is 12.2 Å². The van der Waals surface area contributed by atoms with Gasteiger partial charge in [-0.3, -0.25) is 4.79 Å². The van der Waals surface area contributed by atoms with Gasteiger partial charge in [-0.05, 0) is 78.5 Å². The zero-order valence-corrected chi connectivity index (χ0v) is 18.1. The standard InChI is InChI=1S/C22H23N3O3S2/c23-11-18-17-6-4-15(12-28-22(27)24-16-2-1-3-16)10-19(17)30-21(18)25-20(26)7-5-14-8-9-29-13-14/h5,7-9,13,15-16H,1-4,6,10,12H2,(H,24,27)(H,25,26)/b7-5+. The van der Waals surface area contributed by atoms with Crippen LogP contribution in [0.3, 0.4) is 0 Å². The molecule has 4 rings (SSSR count). The number of nitrogens with zero attached hydrogens (tertiary/aromatic N) is 1. The maximum atomic E-state index is 12.3. The minimum Gasteiger partial charge on any atom is -0.449 e. The molecule has 156 valence electrons. The van der Waals surface area contributed by atoms with E-state index in [-0.39, 0.29) is 24.0 Å². The highest BCUT2D eigenvalue weighted by atomic mass is 32.1. The van der Waals surface area contributed by atoms with Gasteiger partial charge >= 0.3 is 6.09 Å². The number of hydrogen-bond donors (Lipinski definition) is 2. The maximum Gasteiger partial charge on any atom is 0.407 e. The Balaban J connectivity index is 1.35. The number of thiophene rings is 2. The van der Waals surface area contributed by atoms with Crippen molar-refractivity contribution in [2.75, 3.05) is 11.9 Å². The molecule has 2 N–H and O–H groups in total. The second kappa shape index (κ2) is 9.45. The third-order valence-electron chi connectivity index (χ3n) is 5.56. The van der Waals surface area contributed by atoms with E-state index in [1.165, 1.54) is 23.8 Å².